The van der Waals surface area contributed by atoms with E-state index in [9.17, 15) is 4.79 Å². The van der Waals surface area contributed by atoms with E-state index in [4.69, 9.17) is 11.6 Å². The van der Waals surface area contributed by atoms with Gasteiger partial charge < -0.3 is 16.0 Å². The lowest BCUT2D eigenvalue weighted by molar-refractivity contribution is -0.114. The summed E-state index contributed by atoms with van der Waals surface area (Å²) in [6.07, 6.45) is 0. The second-order valence-electron chi connectivity index (χ2n) is 3.78. The fourth-order valence-electron chi connectivity index (χ4n) is 1.57. The van der Waals surface area contributed by atoms with Crippen molar-refractivity contribution in [1.29, 1.82) is 0 Å². The number of anilines is 2. The highest BCUT2D eigenvalue weighted by atomic mass is 79.9. The Morgan fingerprint density at radius 3 is 2.89 bits per heavy atom. The van der Waals surface area contributed by atoms with Gasteiger partial charge in [-0.2, -0.15) is 0 Å². The van der Waals surface area contributed by atoms with Crippen molar-refractivity contribution in [2.24, 2.45) is 4.99 Å². The van der Waals surface area contributed by atoms with Crippen LogP contribution in [0.4, 0.5) is 11.4 Å². The quantitative estimate of drug-likeness (QED) is 0.780. The molecule has 3 N–H and O–H groups in total. The van der Waals surface area contributed by atoms with E-state index in [1.165, 1.54) is 6.92 Å². The molecule has 1 heterocycles. The molecule has 0 aromatic heterocycles. The molecule has 2 rings (SSSR count). The summed E-state index contributed by atoms with van der Waals surface area (Å²) in [6, 6.07) is 3.47. The Morgan fingerprint density at radius 1 is 1.56 bits per heavy atom. The highest BCUT2D eigenvalue weighted by molar-refractivity contribution is 9.10. The Labute approximate surface area is 118 Å². The van der Waals surface area contributed by atoms with Gasteiger partial charge in [-0.1, -0.05) is 11.6 Å². The van der Waals surface area contributed by atoms with Crippen LogP contribution in [0.25, 0.3) is 0 Å². The summed E-state index contributed by atoms with van der Waals surface area (Å²) < 4.78 is 0.759. The van der Waals surface area contributed by atoms with Crippen molar-refractivity contribution in [3.8, 4) is 0 Å². The number of hydrogen-bond donors (Lipinski definition) is 3. The van der Waals surface area contributed by atoms with Crippen LogP contribution in [0.5, 0.6) is 0 Å². The summed E-state index contributed by atoms with van der Waals surface area (Å²) >= 11 is 9.58. The smallest absolute Gasteiger partial charge is 0.221 e. The molecule has 0 bridgehead atoms. The molecule has 1 aromatic rings. The first-order valence-corrected chi connectivity index (χ1v) is 6.55. The highest BCUT2D eigenvalue weighted by Crippen LogP contribution is 2.34. The number of halogens is 2. The minimum Gasteiger partial charge on any atom is -0.354 e. The summed E-state index contributed by atoms with van der Waals surface area (Å²) in [6.45, 7) is 3.02. The van der Waals surface area contributed by atoms with Gasteiger partial charge in [-0.25, -0.2) is 0 Å². The summed E-state index contributed by atoms with van der Waals surface area (Å²) in [4.78, 5) is 15.2. The maximum absolute atomic E-state index is 11.0. The lowest BCUT2D eigenvalue weighted by Gasteiger charge is -2.12. The number of carbonyl (C=O) groups is 1. The molecule has 7 heteroatoms. The van der Waals surface area contributed by atoms with Crippen molar-refractivity contribution in [3.05, 3.63) is 21.6 Å². The van der Waals surface area contributed by atoms with E-state index in [0.29, 0.717) is 16.7 Å². The highest BCUT2D eigenvalue weighted by Gasteiger charge is 2.12. The van der Waals surface area contributed by atoms with E-state index in [0.717, 1.165) is 23.2 Å². The Balaban J connectivity index is 2.23. The summed E-state index contributed by atoms with van der Waals surface area (Å²) in [5.74, 6) is 0.561. The lowest BCUT2D eigenvalue weighted by atomic mass is 10.2. The molecule has 5 nitrogen and oxygen atoms in total. The van der Waals surface area contributed by atoms with Crippen molar-refractivity contribution in [3.63, 3.8) is 0 Å². The van der Waals surface area contributed by atoms with E-state index >= 15 is 0 Å². The second kappa shape index (κ2) is 5.58. The zero-order valence-corrected chi connectivity index (χ0v) is 12.0. The van der Waals surface area contributed by atoms with Crippen LogP contribution < -0.4 is 16.0 Å². The fourth-order valence-corrected chi connectivity index (χ4v) is 2.51. The number of amides is 1. The largest absolute Gasteiger partial charge is 0.354 e. The number of aliphatic imine (C=N–C) groups is 1. The van der Waals surface area contributed by atoms with Crippen molar-refractivity contribution in [2.45, 2.75) is 6.92 Å². The van der Waals surface area contributed by atoms with E-state index in [-0.39, 0.29) is 5.91 Å². The van der Waals surface area contributed by atoms with Gasteiger partial charge in [-0.15, -0.1) is 0 Å². The number of nitrogens with zero attached hydrogens (tertiary/aromatic N) is 1. The average molecular weight is 332 g/mol. The summed E-state index contributed by atoms with van der Waals surface area (Å²) in [5.41, 5.74) is 1.37. The molecule has 1 amide bonds. The van der Waals surface area contributed by atoms with Crippen molar-refractivity contribution in [2.75, 3.05) is 23.7 Å². The number of hydrogen-bond acceptors (Lipinski definition) is 4. The molecular weight excluding hydrogens is 320 g/mol. The molecule has 0 spiro atoms. The fraction of sp³-hybridized carbons (Fsp3) is 0.273. The van der Waals surface area contributed by atoms with Gasteiger partial charge in [-0.05, 0) is 28.1 Å². The number of carbonyl (C=O) groups excluding carboxylic acids is 1. The number of benzene rings is 1. The molecule has 0 aliphatic carbocycles. The zero-order chi connectivity index (χ0) is 13.1. The van der Waals surface area contributed by atoms with E-state index in [1.54, 1.807) is 12.1 Å². The topological polar surface area (TPSA) is 65.5 Å². The van der Waals surface area contributed by atoms with Crippen molar-refractivity contribution >= 4 is 50.8 Å². The number of guanidine groups is 1. The maximum Gasteiger partial charge on any atom is 0.221 e. The number of nitrogens with one attached hydrogen (secondary N) is 3. The van der Waals surface area contributed by atoms with Gasteiger partial charge in [0.25, 0.3) is 0 Å². The van der Waals surface area contributed by atoms with Gasteiger partial charge in [0.15, 0.2) is 5.96 Å². The van der Waals surface area contributed by atoms with Gasteiger partial charge in [0.05, 0.1) is 17.3 Å². The Hall–Kier alpha value is -1.27. The molecule has 0 saturated heterocycles. The van der Waals surface area contributed by atoms with Crippen LogP contribution in [0.15, 0.2) is 21.6 Å². The zero-order valence-electron chi connectivity index (χ0n) is 9.68. The molecular formula is C11H12BrClN4O. The molecule has 1 aliphatic heterocycles. The molecule has 96 valence electrons. The second-order valence-corrected chi connectivity index (χ2v) is 5.04. The first-order valence-electron chi connectivity index (χ1n) is 5.38. The minimum atomic E-state index is -0.138. The van der Waals surface area contributed by atoms with Crippen LogP contribution in [0.3, 0.4) is 0 Å². The van der Waals surface area contributed by atoms with Crippen LogP contribution in [0.1, 0.15) is 6.92 Å². The van der Waals surface area contributed by atoms with Crippen LogP contribution in [0, 0.1) is 0 Å². The Kier molecular flexibility index (Phi) is 4.08. The monoisotopic (exact) mass is 330 g/mol. The predicted octanol–water partition coefficient (Wildman–Crippen LogP) is 2.43. The standard InChI is InChI=1S/C11H12BrClN4O/c1-6(18)16-7-4-8(12)10(9(13)5-7)17-11-14-2-3-15-11/h4-5H,2-3H2,1H3,(H,16,18)(H2,14,15,17). The van der Waals surface area contributed by atoms with Crippen LogP contribution in [-0.2, 0) is 4.79 Å². The van der Waals surface area contributed by atoms with Gasteiger partial charge in [0.2, 0.25) is 5.91 Å². The van der Waals surface area contributed by atoms with Gasteiger partial charge in [0.1, 0.15) is 0 Å². The molecule has 0 fully saturated rings. The van der Waals surface area contributed by atoms with Crippen LogP contribution in [-0.4, -0.2) is 25.0 Å². The Bertz CT molecular complexity index is 495. The van der Waals surface area contributed by atoms with E-state index in [1.807, 2.05) is 0 Å². The third-order valence-corrected chi connectivity index (χ3v) is 3.20. The van der Waals surface area contributed by atoms with Crippen LogP contribution >= 0.6 is 27.5 Å². The molecule has 18 heavy (non-hydrogen) atoms. The molecule has 0 radical (unpaired) electrons. The summed E-state index contributed by atoms with van der Waals surface area (Å²) in [7, 11) is 0. The minimum absolute atomic E-state index is 0.138. The molecule has 0 saturated carbocycles. The first-order chi connectivity index (χ1) is 8.56. The van der Waals surface area contributed by atoms with Gasteiger partial charge in [0, 0.05) is 23.6 Å². The molecule has 0 atom stereocenters. The first kappa shape index (κ1) is 13.2. The van der Waals surface area contributed by atoms with Gasteiger partial charge >= 0.3 is 0 Å². The number of rotatable bonds is 2. The summed E-state index contributed by atoms with van der Waals surface area (Å²) in [5, 5.41) is 9.39. The molecule has 1 aromatic carbocycles. The van der Waals surface area contributed by atoms with Crippen molar-refractivity contribution < 1.29 is 4.79 Å². The molecule has 0 unspecified atom stereocenters. The van der Waals surface area contributed by atoms with Crippen molar-refractivity contribution in [1.82, 2.24) is 5.32 Å². The normalized spacial score (nSPS) is 13.8. The van der Waals surface area contributed by atoms with E-state index in [2.05, 4.69) is 36.9 Å². The third kappa shape index (κ3) is 3.14. The lowest BCUT2D eigenvalue weighted by Crippen LogP contribution is -2.26. The maximum atomic E-state index is 11.0. The van der Waals surface area contributed by atoms with Gasteiger partial charge in [-0.3, -0.25) is 9.79 Å². The molecule has 1 aliphatic rings. The third-order valence-electron chi connectivity index (χ3n) is 2.28. The SMILES string of the molecule is CC(=O)Nc1cc(Cl)c(NC2=NCCN2)c(Br)c1. The average Bonchev–Trinajstić information content (AvgIpc) is 2.75. The predicted molar refractivity (Wildman–Crippen MR) is 77.4 cm³/mol. The van der Waals surface area contributed by atoms with E-state index < -0.39 is 0 Å². The van der Waals surface area contributed by atoms with Crippen LogP contribution in [0.2, 0.25) is 5.02 Å². The Morgan fingerprint density at radius 2 is 2.33 bits per heavy atom.